The Hall–Kier alpha value is -3.26. The largest absolute Gasteiger partial charge is 0.331 e. The summed E-state index contributed by atoms with van der Waals surface area (Å²) in [6, 6.07) is 15.3. The summed E-state index contributed by atoms with van der Waals surface area (Å²) in [6.07, 6.45) is 0. The average molecular weight is 380 g/mol. The van der Waals surface area contributed by atoms with Crippen LogP contribution in [0.2, 0.25) is 0 Å². The van der Waals surface area contributed by atoms with Crippen molar-refractivity contribution in [1.82, 2.24) is 25.8 Å². The van der Waals surface area contributed by atoms with E-state index >= 15 is 0 Å². The quantitative estimate of drug-likeness (QED) is 0.479. The van der Waals surface area contributed by atoms with Crippen LogP contribution in [0.3, 0.4) is 0 Å². The summed E-state index contributed by atoms with van der Waals surface area (Å²) in [7, 11) is 0. The van der Waals surface area contributed by atoms with Gasteiger partial charge in [-0.1, -0.05) is 24.3 Å². The molecule has 3 rings (SSSR count). The zero-order valence-corrected chi connectivity index (χ0v) is 16.1. The van der Waals surface area contributed by atoms with Crippen molar-refractivity contribution < 1.29 is 4.79 Å². The molecule has 3 N–H and O–H groups in total. The number of carbonyl (C=O) groups excluding carboxylic acids is 1. The third kappa shape index (κ3) is 4.48. The van der Waals surface area contributed by atoms with E-state index in [1.54, 1.807) is 6.92 Å². The van der Waals surface area contributed by atoms with E-state index in [4.69, 9.17) is 12.2 Å². The molecule has 0 spiro atoms. The van der Waals surface area contributed by atoms with Crippen LogP contribution in [0.1, 0.15) is 27.3 Å². The molecule has 0 aliphatic rings. The summed E-state index contributed by atoms with van der Waals surface area (Å²) in [4.78, 5) is 13.8. The molecule has 0 fully saturated rings. The Morgan fingerprint density at radius 2 is 1.70 bits per heavy atom. The van der Waals surface area contributed by atoms with Gasteiger partial charge in [-0.25, -0.2) is 0 Å². The number of amides is 1. The molecular weight excluding hydrogens is 360 g/mol. The van der Waals surface area contributed by atoms with Gasteiger partial charge in [0.25, 0.3) is 5.91 Å². The highest BCUT2D eigenvalue weighted by Gasteiger charge is 2.16. The second-order valence-corrected chi connectivity index (χ2v) is 6.50. The van der Waals surface area contributed by atoms with E-state index < -0.39 is 5.91 Å². The minimum atomic E-state index is -0.418. The van der Waals surface area contributed by atoms with Crippen LogP contribution in [-0.2, 0) is 0 Å². The fourth-order valence-corrected chi connectivity index (χ4v) is 2.59. The first-order valence-corrected chi connectivity index (χ1v) is 8.79. The molecule has 0 saturated heterocycles. The molecule has 7 nitrogen and oxygen atoms in total. The highest BCUT2D eigenvalue weighted by molar-refractivity contribution is 7.80. The van der Waals surface area contributed by atoms with E-state index in [1.165, 1.54) is 10.4 Å². The van der Waals surface area contributed by atoms with Gasteiger partial charge in [-0.3, -0.25) is 15.6 Å². The van der Waals surface area contributed by atoms with Gasteiger partial charge >= 0.3 is 0 Å². The Morgan fingerprint density at radius 1 is 0.963 bits per heavy atom. The molecule has 0 aliphatic heterocycles. The van der Waals surface area contributed by atoms with Crippen molar-refractivity contribution in [2.45, 2.75) is 20.8 Å². The van der Waals surface area contributed by atoms with E-state index in [-0.39, 0.29) is 10.8 Å². The molecule has 2 aromatic carbocycles. The monoisotopic (exact) mass is 380 g/mol. The van der Waals surface area contributed by atoms with Crippen molar-refractivity contribution >= 4 is 28.9 Å². The van der Waals surface area contributed by atoms with Crippen LogP contribution in [0.5, 0.6) is 0 Å². The molecule has 0 bridgehead atoms. The predicted molar refractivity (Wildman–Crippen MR) is 109 cm³/mol. The van der Waals surface area contributed by atoms with Gasteiger partial charge in [0, 0.05) is 5.69 Å². The van der Waals surface area contributed by atoms with Crippen molar-refractivity contribution in [2.75, 3.05) is 5.32 Å². The average Bonchev–Trinajstić information content (AvgIpc) is 3.05. The molecule has 1 heterocycles. The fraction of sp³-hybridized carbons (Fsp3) is 0.158. The van der Waals surface area contributed by atoms with Crippen LogP contribution in [-0.4, -0.2) is 26.0 Å². The standard InChI is InChI=1S/C19H20N6OS/c1-12-9-10-15(11-13(12)2)20-19(27)22-21-18(26)17-14(3)23-25(24-17)16-7-5-4-6-8-16/h4-11H,1-3H3,(H,21,26)(H2,20,22,27). The molecule has 0 unspecified atom stereocenters. The number of rotatable bonds is 3. The van der Waals surface area contributed by atoms with Crippen LogP contribution in [0.4, 0.5) is 5.69 Å². The summed E-state index contributed by atoms with van der Waals surface area (Å²) in [6.45, 7) is 5.80. The molecular formula is C19H20N6OS. The van der Waals surface area contributed by atoms with Crippen LogP contribution in [0, 0.1) is 20.8 Å². The Morgan fingerprint density at radius 3 is 2.41 bits per heavy atom. The summed E-state index contributed by atoms with van der Waals surface area (Å²) >= 11 is 5.22. The van der Waals surface area contributed by atoms with Crippen LogP contribution < -0.4 is 16.2 Å². The fourth-order valence-electron chi connectivity index (χ4n) is 2.42. The Labute approximate surface area is 162 Å². The first-order chi connectivity index (χ1) is 12.9. The van der Waals surface area contributed by atoms with Gasteiger partial charge in [-0.05, 0) is 68.4 Å². The number of nitrogens with one attached hydrogen (secondary N) is 3. The van der Waals surface area contributed by atoms with Crippen molar-refractivity contribution in [1.29, 1.82) is 0 Å². The van der Waals surface area contributed by atoms with E-state index in [1.807, 2.05) is 62.4 Å². The van der Waals surface area contributed by atoms with E-state index in [0.29, 0.717) is 5.69 Å². The number of para-hydroxylation sites is 1. The van der Waals surface area contributed by atoms with Crippen molar-refractivity contribution in [3.05, 3.63) is 71.0 Å². The predicted octanol–water partition coefficient (Wildman–Crippen LogP) is 2.82. The van der Waals surface area contributed by atoms with Gasteiger partial charge in [0.05, 0.1) is 11.4 Å². The number of hydrazine groups is 1. The lowest BCUT2D eigenvalue weighted by atomic mass is 10.1. The maximum Gasteiger partial charge on any atom is 0.292 e. The third-order valence-corrected chi connectivity index (χ3v) is 4.24. The molecule has 0 atom stereocenters. The number of aryl methyl sites for hydroxylation is 3. The number of thiocarbonyl (C=S) groups is 1. The van der Waals surface area contributed by atoms with Crippen LogP contribution in [0.25, 0.3) is 5.69 Å². The molecule has 1 amide bonds. The number of benzene rings is 2. The number of nitrogens with zero attached hydrogens (tertiary/aromatic N) is 3. The second kappa shape index (κ2) is 7.96. The Balaban J connectivity index is 1.61. The highest BCUT2D eigenvalue weighted by Crippen LogP contribution is 2.14. The lowest BCUT2D eigenvalue weighted by Crippen LogP contribution is -2.44. The molecule has 1 aromatic heterocycles. The molecule has 3 aromatic rings. The smallest absolute Gasteiger partial charge is 0.292 e. The zero-order valence-electron chi connectivity index (χ0n) is 15.3. The van der Waals surface area contributed by atoms with Gasteiger partial charge in [-0.15, -0.1) is 5.10 Å². The normalized spacial score (nSPS) is 10.3. The van der Waals surface area contributed by atoms with E-state index in [0.717, 1.165) is 16.9 Å². The lowest BCUT2D eigenvalue weighted by Gasteiger charge is -2.12. The summed E-state index contributed by atoms with van der Waals surface area (Å²) < 4.78 is 0. The lowest BCUT2D eigenvalue weighted by molar-refractivity contribution is 0.0938. The first kappa shape index (κ1) is 18.5. The van der Waals surface area contributed by atoms with Gasteiger partial charge in [0.2, 0.25) is 0 Å². The number of hydrogen-bond acceptors (Lipinski definition) is 4. The van der Waals surface area contributed by atoms with Gasteiger partial charge < -0.3 is 5.32 Å². The first-order valence-electron chi connectivity index (χ1n) is 8.38. The number of anilines is 1. The topological polar surface area (TPSA) is 83.9 Å². The highest BCUT2D eigenvalue weighted by atomic mass is 32.1. The minimum absolute atomic E-state index is 0.223. The molecule has 0 radical (unpaired) electrons. The maximum atomic E-state index is 12.4. The van der Waals surface area contributed by atoms with Crippen molar-refractivity contribution in [3.8, 4) is 5.69 Å². The van der Waals surface area contributed by atoms with Crippen LogP contribution >= 0.6 is 12.2 Å². The van der Waals surface area contributed by atoms with E-state index in [2.05, 4.69) is 26.4 Å². The zero-order chi connectivity index (χ0) is 19.4. The van der Waals surface area contributed by atoms with Crippen LogP contribution in [0.15, 0.2) is 48.5 Å². The Bertz CT molecular complexity index is 983. The molecule has 0 saturated carbocycles. The second-order valence-electron chi connectivity index (χ2n) is 6.09. The van der Waals surface area contributed by atoms with Gasteiger partial charge in [0.1, 0.15) is 0 Å². The summed E-state index contributed by atoms with van der Waals surface area (Å²) in [5.41, 5.74) is 9.94. The molecule has 8 heteroatoms. The summed E-state index contributed by atoms with van der Waals surface area (Å²) in [5.74, 6) is -0.418. The van der Waals surface area contributed by atoms with Gasteiger partial charge in [-0.2, -0.15) is 9.90 Å². The molecule has 138 valence electrons. The number of hydrogen-bond donors (Lipinski definition) is 3. The Kier molecular flexibility index (Phi) is 5.46. The van der Waals surface area contributed by atoms with E-state index in [9.17, 15) is 4.79 Å². The molecule has 0 aliphatic carbocycles. The SMILES string of the molecule is Cc1ccc(NC(=S)NNC(=O)c2nn(-c3ccccc3)nc2C)cc1C. The number of carbonyl (C=O) groups is 1. The maximum absolute atomic E-state index is 12.4. The molecule has 27 heavy (non-hydrogen) atoms. The summed E-state index contributed by atoms with van der Waals surface area (Å²) in [5, 5.41) is 11.8. The van der Waals surface area contributed by atoms with Gasteiger partial charge in [0.15, 0.2) is 10.8 Å². The van der Waals surface area contributed by atoms with Crippen molar-refractivity contribution in [3.63, 3.8) is 0 Å². The number of aromatic nitrogens is 3. The third-order valence-electron chi connectivity index (χ3n) is 4.04. The minimum Gasteiger partial charge on any atom is -0.331 e. The van der Waals surface area contributed by atoms with Crippen molar-refractivity contribution in [2.24, 2.45) is 0 Å².